The number of nitrogens with two attached hydrogens (primary N) is 1. The maximum atomic E-state index is 12.2. The Morgan fingerprint density at radius 1 is 1.25 bits per heavy atom. The van der Waals surface area contributed by atoms with Gasteiger partial charge in [0.15, 0.2) is 0 Å². The van der Waals surface area contributed by atoms with Crippen LogP contribution in [0.4, 0.5) is 5.69 Å². The number of hydrogen-bond donors (Lipinski definition) is 2. The van der Waals surface area contributed by atoms with E-state index in [0.717, 1.165) is 31.5 Å². The van der Waals surface area contributed by atoms with Crippen LogP contribution in [0.15, 0.2) is 24.3 Å². The molecule has 1 atom stereocenters. The minimum Gasteiger partial charge on any atom is -0.381 e. The molecule has 1 heterocycles. The number of carbonyl (C=O) groups is 1. The summed E-state index contributed by atoms with van der Waals surface area (Å²) in [6.07, 6.45) is 2.72. The molecule has 1 unspecified atom stereocenters. The molecular weight excluding hydrogens is 349 g/mol. The SMILES string of the molecule is CN(C)CCc1ccc(NC(=O)C(N)C2CCOCC2)cc1.Cl.Cl. The van der Waals surface area contributed by atoms with Gasteiger partial charge in [-0.05, 0) is 57.0 Å². The topological polar surface area (TPSA) is 67.6 Å². The predicted octanol–water partition coefficient (Wildman–Crippen LogP) is 2.33. The minimum absolute atomic E-state index is 0. The number of nitrogens with zero attached hydrogens (tertiary/aromatic N) is 1. The lowest BCUT2D eigenvalue weighted by atomic mass is 9.92. The van der Waals surface area contributed by atoms with Gasteiger partial charge in [0, 0.05) is 25.4 Å². The van der Waals surface area contributed by atoms with Crippen molar-refractivity contribution in [3.8, 4) is 0 Å². The quantitative estimate of drug-likeness (QED) is 0.797. The molecule has 1 aromatic carbocycles. The maximum Gasteiger partial charge on any atom is 0.241 e. The van der Waals surface area contributed by atoms with Crippen molar-refractivity contribution in [3.05, 3.63) is 29.8 Å². The number of carbonyl (C=O) groups excluding carboxylic acids is 1. The molecule has 0 aliphatic carbocycles. The van der Waals surface area contributed by atoms with E-state index in [9.17, 15) is 4.79 Å². The zero-order chi connectivity index (χ0) is 15.9. The molecule has 0 aromatic heterocycles. The Morgan fingerprint density at radius 3 is 2.38 bits per heavy atom. The van der Waals surface area contributed by atoms with Crippen LogP contribution < -0.4 is 11.1 Å². The van der Waals surface area contributed by atoms with E-state index in [2.05, 4.69) is 36.4 Å². The van der Waals surface area contributed by atoms with E-state index >= 15 is 0 Å². The van der Waals surface area contributed by atoms with Crippen LogP contribution in [0.2, 0.25) is 0 Å². The summed E-state index contributed by atoms with van der Waals surface area (Å²) < 4.78 is 5.31. The summed E-state index contributed by atoms with van der Waals surface area (Å²) in [5, 5.41) is 2.92. The fourth-order valence-electron chi connectivity index (χ4n) is 2.62. The average Bonchev–Trinajstić information content (AvgIpc) is 2.54. The number of likely N-dealkylation sites (N-methyl/N-ethyl adjacent to an activating group) is 1. The van der Waals surface area contributed by atoms with E-state index in [-0.39, 0.29) is 36.6 Å². The van der Waals surface area contributed by atoms with E-state index in [1.807, 2.05) is 12.1 Å². The van der Waals surface area contributed by atoms with Crippen molar-refractivity contribution in [1.29, 1.82) is 0 Å². The Kier molecular flexibility index (Phi) is 11.2. The Hall–Kier alpha value is -0.850. The lowest BCUT2D eigenvalue weighted by Gasteiger charge is -2.26. The van der Waals surface area contributed by atoms with Crippen molar-refractivity contribution >= 4 is 36.4 Å². The van der Waals surface area contributed by atoms with Crippen LogP contribution in [0.5, 0.6) is 0 Å². The van der Waals surface area contributed by atoms with E-state index in [1.54, 1.807) is 0 Å². The predicted molar refractivity (Wildman–Crippen MR) is 103 cm³/mol. The summed E-state index contributed by atoms with van der Waals surface area (Å²) in [6, 6.07) is 7.54. The number of nitrogens with one attached hydrogen (secondary N) is 1. The second-order valence-electron chi connectivity index (χ2n) is 6.22. The fraction of sp³-hybridized carbons (Fsp3) is 0.588. The van der Waals surface area contributed by atoms with Gasteiger partial charge in [0.25, 0.3) is 0 Å². The normalized spacial score (nSPS) is 16.0. The molecule has 1 fully saturated rings. The van der Waals surface area contributed by atoms with Crippen molar-refractivity contribution in [2.45, 2.75) is 25.3 Å². The molecule has 0 radical (unpaired) electrons. The molecular formula is C17H29Cl2N3O2. The molecule has 1 aliphatic heterocycles. The van der Waals surface area contributed by atoms with Gasteiger partial charge in [-0.25, -0.2) is 0 Å². The first-order valence-corrected chi connectivity index (χ1v) is 7.94. The molecule has 1 aromatic rings. The number of halogens is 2. The minimum atomic E-state index is -0.461. The first-order chi connectivity index (χ1) is 10.6. The summed E-state index contributed by atoms with van der Waals surface area (Å²) in [5.74, 6) is 0.112. The van der Waals surface area contributed by atoms with Crippen LogP contribution in [0.3, 0.4) is 0 Å². The van der Waals surface area contributed by atoms with Crippen LogP contribution >= 0.6 is 24.8 Å². The molecule has 0 bridgehead atoms. The highest BCUT2D eigenvalue weighted by atomic mass is 35.5. The highest BCUT2D eigenvalue weighted by Crippen LogP contribution is 2.19. The smallest absolute Gasteiger partial charge is 0.241 e. The van der Waals surface area contributed by atoms with Crippen molar-refractivity contribution in [1.82, 2.24) is 4.90 Å². The number of hydrogen-bond acceptors (Lipinski definition) is 4. The second-order valence-corrected chi connectivity index (χ2v) is 6.22. The van der Waals surface area contributed by atoms with Gasteiger partial charge in [-0.2, -0.15) is 0 Å². The monoisotopic (exact) mass is 377 g/mol. The molecule has 7 heteroatoms. The van der Waals surface area contributed by atoms with E-state index in [0.29, 0.717) is 13.2 Å². The summed E-state index contributed by atoms with van der Waals surface area (Å²) in [6.45, 7) is 2.42. The standard InChI is InChI=1S/C17H27N3O2.2ClH/c1-20(2)10-7-13-3-5-15(6-4-13)19-17(21)16(18)14-8-11-22-12-9-14;;/h3-6,14,16H,7-12,18H2,1-2H3,(H,19,21);2*1H. The van der Waals surface area contributed by atoms with Gasteiger partial charge in [0.05, 0.1) is 6.04 Å². The van der Waals surface area contributed by atoms with Crippen molar-refractivity contribution < 1.29 is 9.53 Å². The van der Waals surface area contributed by atoms with Gasteiger partial charge in [0.2, 0.25) is 5.91 Å². The Balaban J connectivity index is 0.00000264. The maximum absolute atomic E-state index is 12.2. The van der Waals surface area contributed by atoms with Crippen LogP contribution in [0.1, 0.15) is 18.4 Å². The summed E-state index contributed by atoms with van der Waals surface area (Å²) in [7, 11) is 4.12. The molecule has 2 rings (SSSR count). The Morgan fingerprint density at radius 2 is 1.83 bits per heavy atom. The van der Waals surface area contributed by atoms with Gasteiger partial charge in [-0.15, -0.1) is 24.8 Å². The van der Waals surface area contributed by atoms with Crippen molar-refractivity contribution in [2.24, 2.45) is 11.7 Å². The fourth-order valence-corrected chi connectivity index (χ4v) is 2.62. The van der Waals surface area contributed by atoms with Crippen LogP contribution in [-0.2, 0) is 16.0 Å². The third-order valence-electron chi connectivity index (χ3n) is 4.15. The number of benzene rings is 1. The zero-order valence-electron chi connectivity index (χ0n) is 14.4. The van der Waals surface area contributed by atoms with Gasteiger partial charge >= 0.3 is 0 Å². The first-order valence-electron chi connectivity index (χ1n) is 7.94. The summed E-state index contributed by atoms with van der Waals surface area (Å²) in [5.41, 5.74) is 8.15. The number of rotatable bonds is 6. The third-order valence-corrected chi connectivity index (χ3v) is 4.15. The number of ether oxygens (including phenoxy) is 1. The largest absolute Gasteiger partial charge is 0.381 e. The summed E-state index contributed by atoms with van der Waals surface area (Å²) in [4.78, 5) is 14.4. The number of amides is 1. The average molecular weight is 378 g/mol. The Labute approximate surface area is 157 Å². The third kappa shape index (κ3) is 7.36. The first kappa shape index (κ1) is 23.1. The van der Waals surface area contributed by atoms with Gasteiger partial charge in [-0.3, -0.25) is 4.79 Å². The van der Waals surface area contributed by atoms with Gasteiger partial charge in [-0.1, -0.05) is 12.1 Å². The molecule has 24 heavy (non-hydrogen) atoms. The number of anilines is 1. The Bertz CT molecular complexity index is 477. The van der Waals surface area contributed by atoms with Crippen LogP contribution in [0.25, 0.3) is 0 Å². The van der Waals surface area contributed by atoms with E-state index in [1.165, 1.54) is 5.56 Å². The molecule has 5 nitrogen and oxygen atoms in total. The highest BCUT2D eigenvalue weighted by Gasteiger charge is 2.26. The lowest BCUT2D eigenvalue weighted by Crippen LogP contribution is -2.43. The van der Waals surface area contributed by atoms with Crippen molar-refractivity contribution in [3.63, 3.8) is 0 Å². The van der Waals surface area contributed by atoms with Crippen molar-refractivity contribution in [2.75, 3.05) is 39.2 Å². The highest BCUT2D eigenvalue weighted by molar-refractivity contribution is 5.94. The van der Waals surface area contributed by atoms with E-state index in [4.69, 9.17) is 10.5 Å². The molecule has 1 saturated heterocycles. The molecule has 0 saturated carbocycles. The van der Waals surface area contributed by atoms with E-state index < -0.39 is 6.04 Å². The lowest BCUT2D eigenvalue weighted by molar-refractivity contribution is -0.119. The molecule has 0 spiro atoms. The molecule has 1 amide bonds. The molecule has 3 N–H and O–H groups in total. The van der Waals surface area contributed by atoms with Crippen LogP contribution in [0, 0.1) is 5.92 Å². The van der Waals surface area contributed by atoms with Gasteiger partial charge in [0.1, 0.15) is 0 Å². The molecule has 138 valence electrons. The molecule has 1 aliphatic rings. The van der Waals surface area contributed by atoms with Crippen LogP contribution in [-0.4, -0.2) is 50.7 Å². The zero-order valence-corrected chi connectivity index (χ0v) is 16.0. The summed E-state index contributed by atoms with van der Waals surface area (Å²) >= 11 is 0. The second kappa shape index (κ2) is 11.7. The van der Waals surface area contributed by atoms with Gasteiger partial charge < -0.3 is 20.7 Å².